The SMILES string of the molecule is CC(C)(C)c1ccc(OCCNC(=O)C2CCC(N)C2)cc1. The molecule has 1 fully saturated rings. The van der Waals surface area contributed by atoms with Crippen molar-refractivity contribution >= 4 is 5.91 Å². The monoisotopic (exact) mass is 304 g/mol. The molecule has 2 atom stereocenters. The number of nitrogens with two attached hydrogens (primary N) is 1. The average Bonchev–Trinajstić information content (AvgIpc) is 2.89. The summed E-state index contributed by atoms with van der Waals surface area (Å²) < 4.78 is 5.67. The lowest BCUT2D eigenvalue weighted by molar-refractivity contribution is -0.124. The summed E-state index contributed by atoms with van der Waals surface area (Å²) in [6, 6.07) is 8.34. The molecule has 0 radical (unpaired) electrons. The highest BCUT2D eigenvalue weighted by atomic mass is 16.5. The van der Waals surface area contributed by atoms with Crippen molar-refractivity contribution in [1.29, 1.82) is 0 Å². The van der Waals surface area contributed by atoms with Crippen molar-refractivity contribution in [3.63, 3.8) is 0 Å². The van der Waals surface area contributed by atoms with Crippen LogP contribution in [0.2, 0.25) is 0 Å². The minimum Gasteiger partial charge on any atom is -0.492 e. The van der Waals surface area contributed by atoms with E-state index in [0.717, 1.165) is 25.0 Å². The third-order valence-electron chi connectivity index (χ3n) is 4.23. The molecule has 2 rings (SSSR count). The molecule has 22 heavy (non-hydrogen) atoms. The highest BCUT2D eigenvalue weighted by Crippen LogP contribution is 2.25. The van der Waals surface area contributed by atoms with Gasteiger partial charge in [-0.1, -0.05) is 32.9 Å². The summed E-state index contributed by atoms with van der Waals surface area (Å²) in [6.07, 6.45) is 2.66. The van der Waals surface area contributed by atoms with Gasteiger partial charge in [0.15, 0.2) is 0 Å². The summed E-state index contributed by atoms with van der Waals surface area (Å²) in [5, 5.41) is 2.93. The number of carbonyl (C=O) groups excluding carboxylic acids is 1. The third-order valence-corrected chi connectivity index (χ3v) is 4.23. The molecule has 0 aliphatic heterocycles. The Morgan fingerprint density at radius 1 is 1.27 bits per heavy atom. The van der Waals surface area contributed by atoms with Gasteiger partial charge in [-0.05, 0) is 42.4 Å². The van der Waals surface area contributed by atoms with Gasteiger partial charge in [-0.25, -0.2) is 0 Å². The van der Waals surface area contributed by atoms with Gasteiger partial charge >= 0.3 is 0 Å². The van der Waals surface area contributed by atoms with Crippen LogP contribution in [0.1, 0.15) is 45.6 Å². The van der Waals surface area contributed by atoms with Crippen LogP contribution >= 0.6 is 0 Å². The fourth-order valence-electron chi connectivity index (χ4n) is 2.79. The molecule has 0 heterocycles. The maximum Gasteiger partial charge on any atom is 0.223 e. The second kappa shape index (κ2) is 7.14. The topological polar surface area (TPSA) is 64.3 Å². The normalized spacial score (nSPS) is 21.6. The number of ether oxygens (including phenoxy) is 1. The molecule has 2 unspecified atom stereocenters. The van der Waals surface area contributed by atoms with Crippen molar-refractivity contribution in [2.75, 3.05) is 13.2 Å². The van der Waals surface area contributed by atoms with Crippen LogP contribution in [0.25, 0.3) is 0 Å². The highest BCUT2D eigenvalue weighted by molar-refractivity contribution is 5.78. The van der Waals surface area contributed by atoms with Gasteiger partial charge in [-0.2, -0.15) is 0 Å². The molecule has 0 bridgehead atoms. The molecule has 0 saturated heterocycles. The summed E-state index contributed by atoms with van der Waals surface area (Å²) in [4.78, 5) is 11.9. The van der Waals surface area contributed by atoms with Gasteiger partial charge in [0.2, 0.25) is 5.91 Å². The molecule has 0 aromatic heterocycles. The lowest BCUT2D eigenvalue weighted by atomic mass is 9.87. The van der Waals surface area contributed by atoms with Crippen molar-refractivity contribution in [3.8, 4) is 5.75 Å². The van der Waals surface area contributed by atoms with Gasteiger partial charge in [-0.15, -0.1) is 0 Å². The predicted molar refractivity (Wildman–Crippen MR) is 89.0 cm³/mol. The van der Waals surface area contributed by atoms with E-state index in [4.69, 9.17) is 10.5 Å². The van der Waals surface area contributed by atoms with Crippen LogP contribution in [0.5, 0.6) is 5.75 Å². The van der Waals surface area contributed by atoms with E-state index in [1.807, 2.05) is 12.1 Å². The van der Waals surface area contributed by atoms with Crippen LogP contribution in [0, 0.1) is 5.92 Å². The number of rotatable bonds is 5. The standard InChI is InChI=1S/C18H28N2O2/c1-18(2,3)14-5-8-16(9-6-14)22-11-10-20-17(21)13-4-7-15(19)12-13/h5-6,8-9,13,15H,4,7,10-12,19H2,1-3H3,(H,20,21). The second-order valence-electron chi connectivity index (χ2n) is 7.18. The van der Waals surface area contributed by atoms with Gasteiger partial charge in [0.05, 0.1) is 6.54 Å². The minimum absolute atomic E-state index is 0.0843. The van der Waals surface area contributed by atoms with Crippen molar-refractivity contribution in [2.24, 2.45) is 11.7 Å². The molecule has 0 spiro atoms. The molecule has 1 aromatic rings. The second-order valence-corrected chi connectivity index (χ2v) is 7.18. The van der Waals surface area contributed by atoms with Crippen LogP contribution < -0.4 is 15.8 Å². The van der Waals surface area contributed by atoms with Crippen LogP contribution in [-0.4, -0.2) is 25.1 Å². The van der Waals surface area contributed by atoms with Gasteiger partial charge in [0.1, 0.15) is 12.4 Å². The first-order valence-corrected chi connectivity index (χ1v) is 8.13. The fourth-order valence-corrected chi connectivity index (χ4v) is 2.79. The predicted octanol–water partition coefficient (Wildman–Crippen LogP) is 2.61. The van der Waals surface area contributed by atoms with E-state index < -0.39 is 0 Å². The van der Waals surface area contributed by atoms with Crippen LogP contribution in [0.3, 0.4) is 0 Å². The van der Waals surface area contributed by atoms with E-state index in [1.165, 1.54) is 5.56 Å². The zero-order chi connectivity index (χ0) is 16.2. The largest absolute Gasteiger partial charge is 0.492 e. The number of benzene rings is 1. The van der Waals surface area contributed by atoms with Crippen LogP contribution in [0.4, 0.5) is 0 Å². The molecule has 1 aliphatic rings. The van der Waals surface area contributed by atoms with E-state index in [0.29, 0.717) is 13.2 Å². The smallest absolute Gasteiger partial charge is 0.223 e. The molecular formula is C18H28N2O2. The molecule has 4 heteroatoms. The van der Waals surface area contributed by atoms with Crippen molar-refractivity contribution in [2.45, 2.75) is 51.5 Å². The lowest BCUT2D eigenvalue weighted by Crippen LogP contribution is -2.33. The number of hydrogen-bond acceptors (Lipinski definition) is 3. The maximum absolute atomic E-state index is 11.9. The fraction of sp³-hybridized carbons (Fsp3) is 0.611. The zero-order valence-corrected chi connectivity index (χ0v) is 13.9. The number of hydrogen-bond donors (Lipinski definition) is 2. The van der Waals surface area contributed by atoms with E-state index in [-0.39, 0.29) is 23.3 Å². The summed E-state index contributed by atoms with van der Waals surface area (Å²) in [6.45, 7) is 7.58. The van der Waals surface area contributed by atoms with Crippen molar-refractivity contribution in [1.82, 2.24) is 5.32 Å². The lowest BCUT2D eigenvalue weighted by Gasteiger charge is -2.19. The van der Waals surface area contributed by atoms with E-state index in [2.05, 4.69) is 38.2 Å². The van der Waals surface area contributed by atoms with Crippen molar-refractivity contribution in [3.05, 3.63) is 29.8 Å². The van der Waals surface area contributed by atoms with E-state index >= 15 is 0 Å². The van der Waals surface area contributed by atoms with Gasteiger partial charge in [-0.3, -0.25) is 4.79 Å². The quantitative estimate of drug-likeness (QED) is 0.822. The summed E-state index contributed by atoms with van der Waals surface area (Å²) in [5.74, 6) is 1.03. The summed E-state index contributed by atoms with van der Waals surface area (Å²) in [7, 11) is 0. The molecule has 1 amide bonds. The van der Waals surface area contributed by atoms with Crippen molar-refractivity contribution < 1.29 is 9.53 Å². The minimum atomic E-state index is 0.0843. The first-order valence-electron chi connectivity index (χ1n) is 8.13. The maximum atomic E-state index is 11.9. The Balaban J connectivity index is 1.69. The Bertz CT molecular complexity index is 491. The first-order chi connectivity index (χ1) is 10.4. The van der Waals surface area contributed by atoms with E-state index in [1.54, 1.807) is 0 Å². The number of amides is 1. The third kappa shape index (κ3) is 4.73. The Kier molecular flexibility index (Phi) is 5.46. The number of carbonyl (C=O) groups is 1. The Morgan fingerprint density at radius 2 is 1.95 bits per heavy atom. The van der Waals surface area contributed by atoms with Gasteiger partial charge in [0, 0.05) is 12.0 Å². The van der Waals surface area contributed by atoms with Gasteiger partial charge in [0.25, 0.3) is 0 Å². The van der Waals surface area contributed by atoms with E-state index in [9.17, 15) is 4.79 Å². The Labute approximate surface area is 133 Å². The highest BCUT2D eigenvalue weighted by Gasteiger charge is 2.27. The Hall–Kier alpha value is -1.55. The molecule has 1 aliphatic carbocycles. The Morgan fingerprint density at radius 3 is 2.50 bits per heavy atom. The first kappa shape index (κ1) is 16.8. The number of nitrogens with one attached hydrogen (secondary N) is 1. The summed E-state index contributed by atoms with van der Waals surface area (Å²) >= 11 is 0. The van der Waals surface area contributed by atoms with Gasteiger partial charge < -0.3 is 15.8 Å². The molecular weight excluding hydrogens is 276 g/mol. The zero-order valence-electron chi connectivity index (χ0n) is 13.9. The average molecular weight is 304 g/mol. The summed E-state index contributed by atoms with van der Waals surface area (Å²) in [5.41, 5.74) is 7.26. The van der Waals surface area contributed by atoms with Crippen LogP contribution in [0.15, 0.2) is 24.3 Å². The molecule has 4 nitrogen and oxygen atoms in total. The van der Waals surface area contributed by atoms with Crippen LogP contribution in [-0.2, 0) is 10.2 Å². The molecule has 1 saturated carbocycles. The molecule has 1 aromatic carbocycles. The molecule has 122 valence electrons. The molecule has 3 N–H and O–H groups in total.